The average molecular weight is 551 g/mol. The summed E-state index contributed by atoms with van der Waals surface area (Å²) in [6.07, 6.45) is 9.61. The highest BCUT2D eigenvalue weighted by atomic mass is 19.1. The summed E-state index contributed by atoms with van der Waals surface area (Å²) in [5, 5.41) is 4.49. The van der Waals surface area contributed by atoms with E-state index in [-0.39, 0.29) is 12.8 Å². The van der Waals surface area contributed by atoms with Gasteiger partial charge in [-0.1, -0.05) is 0 Å². The van der Waals surface area contributed by atoms with Crippen LogP contribution in [-0.2, 0) is 4.74 Å². The van der Waals surface area contributed by atoms with Gasteiger partial charge >= 0.3 is 0 Å². The Morgan fingerprint density at radius 2 is 1.68 bits per heavy atom. The fourth-order valence-corrected chi connectivity index (χ4v) is 5.80. The first-order valence-corrected chi connectivity index (χ1v) is 14.5. The van der Waals surface area contributed by atoms with E-state index in [1.165, 1.54) is 0 Å². The number of piperazine rings is 1. The minimum atomic E-state index is -0.287. The van der Waals surface area contributed by atoms with Gasteiger partial charge in [-0.3, -0.25) is 9.88 Å². The third kappa shape index (κ3) is 6.36. The lowest BCUT2D eigenvalue weighted by atomic mass is 9.93. The fraction of sp³-hybridized carbons (Fsp3) is 0.586. The van der Waals surface area contributed by atoms with Crippen LogP contribution >= 0.6 is 0 Å². The predicted molar refractivity (Wildman–Crippen MR) is 154 cm³/mol. The van der Waals surface area contributed by atoms with Crippen LogP contribution in [0.15, 0.2) is 30.7 Å². The van der Waals surface area contributed by atoms with Crippen molar-refractivity contribution >= 4 is 28.4 Å². The predicted octanol–water partition coefficient (Wildman–Crippen LogP) is 3.46. The summed E-state index contributed by atoms with van der Waals surface area (Å²) in [5.41, 5.74) is 3.03. The van der Waals surface area contributed by atoms with Gasteiger partial charge in [0.2, 0.25) is 11.8 Å². The van der Waals surface area contributed by atoms with Crippen LogP contribution in [0.25, 0.3) is 10.9 Å². The molecule has 0 aromatic carbocycles. The van der Waals surface area contributed by atoms with Crippen molar-refractivity contribution in [1.82, 2.24) is 24.8 Å². The maximum absolute atomic E-state index is 12.6. The number of anilines is 3. The standard InChI is InChI=1S/C29H39FN8O2/c1-21-16-25-26(31-18-21)17-27(38-12-14-39-15-13-38)35-28(25)40-24-4-2-22(3-5-24)34-29-32-19-23(20-33-29)37-10-8-36(7-6-30)9-11-37/h16-20,22,24H,2-15H2,1H3,(H,32,33,34). The molecule has 3 aromatic heterocycles. The summed E-state index contributed by atoms with van der Waals surface area (Å²) in [6, 6.07) is 4.49. The normalized spacial score (nSPS) is 22.4. The molecule has 1 aliphatic carbocycles. The molecular weight excluding hydrogens is 511 g/mol. The summed E-state index contributed by atoms with van der Waals surface area (Å²) in [7, 11) is 0. The Balaban J connectivity index is 1.05. The van der Waals surface area contributed by atoms with Crippen molar-refractivity contribution < 1.29 is 13.9 Å². The third-order valence-electron chi connectivity index (χ3n) is 8.16. The van der Waals surface area contributed by atoms with Crippen LogP contribution in [0.4, 0.5) is 21.8 Å². The SMILES string of the molecule is Cc1cnc2cc(N3CCOCC3)nc(OC3CCC(Nc4ncc(N5CCN(CCF)CC5)cn4)CC3)c2c1. The van der Waals surface area contributed by atoms with E-state index in [1.807, 2.05) is 25.5 Å². The van der Waals surface area contributed by atoms with Gasteiger partial charge in [0.15, 0.2) is 0 Å². The largest absolute Gasteiger partial charge is 0.474 e. The lowest BCUT2D eigenvalue weighted by Crippen LogP contribution is -2.47. The molecule has 1 saturated carbocycles. The van der Waals surface area contributed by atoms with Crippen LogP contribution < -0.4 is 19.9 Å². The number of nitrogens with one attached hydrogen (secondary N) is 1. The Hall–Kier alpha value is -3.31. The Morgan fingerprint density at radius 3 is 2.40 bits per heavy atom. The second kappa shape index (κ2) is 12.5. The molecule has 3 aliphatic rings. The second-order valence-corrected chi connectivity index (χ2v) is 11.0. The van der Waals surface area contributed by atoms with Crippen LogP contribution in [0.2, 0.25) is 0 Å². The number of hydrogen-bond acceptors (Lipinski definition) is 10. The molecular formula is C29H39FN8O2. The third-order valence-corrected chi connectivity index (χ3v) is 8.16. The molecule has 2 saturated heterocycles. The quantitative estimate of drug-likeness (QED) is 0.450. The zero-order valence-corrected chi connectivity index (χ0v) is 23.3. The number of ether oxygens (including phenoxy) is 2. The maximum Gasteiger partial charge on any atom is 0.225 e. The van der Waals surface area contributed by atoms with E-state index >= 15 is 0 Å². The van der Waals surface area contributed by atoms with E-state index in [9.17, 15) is 4.39 Å². The Morgan fingerprint density at radius 1 is 0.925 bits per heavy atom. The van der Waals surface area contributed by atoms with E-state index < -0.39 is 0 Å². The van der Waals surface area contributed by atoms with Crippen molar-refractivity contribution in [2.75, 3.05) is 80.8 Å². The molecule has 214 valence electrons. The van der Waals surface area contributed by atoms with Crippen LogP contribution in [0.1, 0.15) is 31.2 Å². The zero-order chi connectivity index (χ0) is 27.3. The monoisotopic (exact) mass is 550 g/mol. The number of fused-ring (bicyclic) bond motifs is 1. The number of aromatic nitrogens is 4. The van der Waals surface area contributed by atoms with Gasteiger partial charge in [-0.2, -0.15) is 4.98 Å². The molecule has 0 bridgehead atoms. The first-order chi connectivity index (χ1) is 19.6. The number of alkyl halides is 1. The first kappa shape index (κ1) is 26.9. The van der Waals surface area contributed by atoms with E-state index in [1.54, 1.807) is 0 Å². The molecule has 40 heavy (non-hydrogen) atoms. The van der Waals surface area contributed by atoms with Gasteiger partial charge in [0, 0.05) is 64.1 Å². The van der Waals surface area contributed by atoms with Crippen molar-refractivity contribution in [3.63, 3.8) is 0 Å². The number of aryl methyl sites for hydroxylation is 1. The highest BCUT2D eigenvalue weighted by molar-refractivity contribution is 5.86. The van der Waals surface area contributed by atoms with Crippen LogP contribution in [0, 0.1) is 6.92 Å². The fourth-order valence-electron chi connectivity index (χ4n) is 5.80. The molecule has 1 N–H and O–H groups in total. The molecule has 10 nitrogen and oxygen atoms in total. The summed E-state index contributed by atoms with van der Waals surface area (Å²) in [6.45, 7) is 8.81. The Bertz CT molecular complexity index is 1260. The molecule has 5 heterocycles. The Kier molecular flexibility index (Phi) is 8.38. The summed E-state index contributed by atoms with van der Waals surface area (Å²) < 4.78 is 24.7. The molecule has 0 amide bonds. The number of hydrogen-bond donors (Lipinski definition) is 1. The van der Waals surface area contributed by atoms with Gasteiger partial charge < -0.3 is 24.6 Å². The average Bonchev–Trinajstić information content (AvgIpc) is 3.00. The highest BCUT2D eigenvalue weighted by Crippen LogP contribution is 2.32. The topological polar surface area (TPSA) is 91.8 Å². The number of morpholine rings is 1. The molecule has 3 aromatic rings. The van der Waals surface area contributed by atoms with Crippen LogP contribution in [-0.4, -0.2) is 103 Å². The van der Waals surface area contributed by atoms with Crippen molar-refractivity contribution in [3.05, 3.63) is 36.3 Å². The van der Waals surface area contributed by atoms with E-state index in [2.05, 4.69) is 47.1 Å². The second-order valence-electron chi connectivity index (χ2n) is 11.0. The van der Waals surface area contributed by atoms with Crippen molar-refractivity contribution in [2.45, 2.75) is 44.8 Å². The number of nitrogens with zero attached hydrogens (tertiary/aromatic N) is 7. The molecule has 2 aliphatic heterocycles. The van der Waals surface area contributed by atoms with Gasteiger partial charge in [-0.15, -0.1) is 0 Å². The minimum Gasteiger partial charge on any atom is -0.474 e. The summed E-state index contributed by atoms with van der Waals surface area (Å²) >= 11 is 0. The van der Waals surface area contributed by atoms with E-state index in [0.29, 0.717) is 37.6 Å². The first-order valence-electron chi connectivity index (χ1n) is 14.5. The molecule has 0 unspecified atom stereocenters. The number of rotatable bonds is 8. The van der Waals surface area contributed by atoms with Crippen molar-refractivity contribution in [3.8, 4) is 5.88 Å². The van der Waals surface area contributed by atoms with Gasteiger partial charge in [-0.05, 0) is 44.2 Å². The minimum absolute atomic E-state index is 0.105. The Labute approximate surface area is 234 Å². The molecule has 0 radical (unpaired) electrons. The lowest BCUT2D eigenvalue weighted by molar-refractivity contribution is 0.122. The van der Waals surface area contributed by atoms with E-state index in [4.69, 9.17) is 14.5 Å². The number of halogens is 1. The highest BCUT2D eigenvalue weighted by Gasteiger charge is 2.25. The van der Waals surface area contributed by atoms with Gasteiger partial charge in [0.25, 0.3) is 0 Å². The summed E-state index contributed by atoms with van der Waals surface area (Å²) in [4.78, 5) is 25.5. The molecule has 3 fully saturated rings. The van der Waals surface area contributed by atoms with Crippen LogP contribution in [0.3, 0.4) is 0 Å². The maximum atomic E-state index is 12.6. The smallest absolute Gasteiger partial charge is 0.225 e. The van der Waals surface area contributed by atoms with Gasteiger partial charge in [-0.25, -0.2) is 14.4 Å². The lowest BCUT2D eigenvalue weighted by Gasteiger charge is -2.35. The van der Waals surface area contributed by atoms with Crippen LogP contribution in [0.5, 0.6) is 5.88 Å². The van der Waals surface area contributed by atoms with Crippen molar-refractivity contribution in [2.24, 2.45) is 0 Å². The van der Waals surface area contributed by atoms with Gasteiger partial charge in [0.05, 0.1) is 42.2 Å². The summed E-state index contributed by atoms with van der Waals surface area (Å²) in [5.74, 6) is 2.24. The molecule has 0 spiro atoms. The number of pyridine rings is 2. The zero-order valence-electron chi connectivity index (χ0n) is 23.3. The van der Waals surface area contributed by atoms with E-state index in [0.717, 1.165) is 92.9 Å². The molecule has 6 rings (SSSR count). The van der Waals surface area contributed by atoms with Crippen molar-refractivity contribution in [1.29, 1.82) is 0 Å². The molecule has 0 atom stereocenters. The van der Waals surface area contributed by atoms with Gasteiger partial charge in [0.1, 0.15) is 18.6 Å². The molecule has 11 heteroatoms.